The quantitative estimate of drug-likeness (QED) is 0.138. The molecule has 0 saturated carbocycles. The van der Waals surface area contributed by atoms with Crippen molar-refractivity contribution in [3.63, 3.8) is 0 Å². The van der Waals surface area contributed by atoms with Gasteiger partial charge >= 0.3 is 0 Å². The second kappa shape index (κ2) is 15.4. The van der Waals surface area contributed by atoms with Crippen molar-refractivity contribution in [2.45, 2.75) is 19.8 Å². The summed E-state index contributed by atoms with van der Waals surface area (Å²) < 4.78 is 0. The van der Waals surface area contributed by atoms with E-state index in [9.17, 15) is 0 Å². The predicted octanol–water partition coefficient (Wildman–Crippen LogP) is 17.4. The molecule has 0 aliphatic heterocycles. The summed E-state index contributed by atoms with van der Waals surface area (Å²) in [7, 11) is 0. The SMILES string of the molecule is Cc1ccc(C(c2cccc(C)c2)c2ccc3c(c2)-c2cccc4c(N(c5ccc(-c6cccc7ccccc67)cc5)c5ccc(-c6cccc7ccccc67)cc5)ccc-3c24)cc1. The summed E-state index contributed by atoms with van der Waals surface area (Å²) in [4.78, 5) is 2.45. The summed E-state index contributed by atoms with van der Waals surface area (Å²) in [5, 5.41) is 7.56. The molecule has 0 heterocycles. The highest BCUT2D eigenvalue weighted by atomic mass is 15.1. The van der Waals surface area contributed by atoms with Crippen molar-refractivity contribution in [2.24, 2.45) is 0 Å². The van der Waals surface area contributed by atoms with E-state index in [1.165, 1.54) is 105 Å². The number of rotatable bonds is 8. The minimum absolute atomic E-state index is 0.119. The van der Waals surface area contributed by atoms with Gasteiger partial charge in [-0.25, -0.2) is 0 Å². The van der Waals surface area contributed by atoms with Gasteiger partial charge in [0.05, 0.1) is 5.69 Å². The molecule has 1 aliphatic carbocycles. The van der Waals surface area contributed by atoms with Crippen LogP contribution in [0.3, 0.4) is 0 Å². The Labute approximate surface area is 375 Å². The summed E-state index contributed by atoms with van der Waals surface area (Å²) in [5.74, 6) is 0.119. The molecular formula is C63H45N. The van der Waals surface area contributed by atoms with Gasteiger partial charge in [0.25, 0.3) is 0 Å². The molecule has 0 radical (unpaired) electrons. The van der Waals surface area contributed by atoms with Crippen molar-refractivity contribution in [2.75, 3.05) is 4.90 Å². The molecule has 0 N–H and O–H groups in total. The zero-order valence-electron chi connectivity index (χ0n) is 36.0. The summed E-state index contributed by atoms with van der Waals surface area (Å²) in [6.45, 7) is 4.35. The first-order chi connectivity index (χ1) is 31.6. The fourth-order valence-corrected chi connectivity index (χ4v) is 10.4. The number of anilines is 3. The monoisotopic (exact) mass is 815 g/mol. The van der Waals surface area contributed by atoms with Gasteiger partial charge in [-0.05, 0) is 138 Å². The topological polar surface area (TPSA) is 3.24 Å². The number of benzene rings is 11. The van der Waals surface area contributed by atoms with E-state index in [0.29, 0.717) is 0 Å². The lowest BCUT2D eigenvalue weighted by Gasteiger charge is -2.28. The van der Waals surface area contributed by atoms with Crippen LogP contribution in [0.2, 0.25) is 0 Å². The van der Waals surface area contributed by atoms with E-state index in [0.717, 1.165) is 17.1 Å². The lowest BCUT2D eigenvalue weighted by atomic mass is 9.83. The van der Waals surface area contributed by atoms with Crippen molar-refractivity contribution in [3.8, 4) is 44.5 Å². The van der Waals surface area contributed by atoms with E-state index in [1.54, 1.807) is 0 Å². The first-order valence-electron chi connectivity index (χ1n) is 22.4. The third kappa shape index (κ3) is 6.40. The highest BCUT2D eigenvalue weighted by molar-refractivity contribution is 6.19. The van der Waals surface area contributed by atoms with Crippen LogP contribution in [-0.2, 0) is 0 Å². The lowest BCUT2D eigenvalue weighted by molar-refractivity contribution is 0.974. The van der Waals surface area contributed by atoms with Crippen molar-refractivity contribution in [1.29, 1.82) is 0 Å². The average molecular weight is 816 g/mol. The second-order valence-corrected chi connectivity index (χ2v) is 17.4. The minimum Gasteiger partial charge on any atom is -0.310 e. The number of aryl methyl sites for hydroxylation is 2. The number of nitrogens with zero attached hydrogens (tertiary/aromatic N) is 1. The average Bonchev–Trinajstić information content (AvgIpc) is 3.67. The summed E-state index contributed by atoms with van der Waals surface area (Å²) >= 11 is 0. The van der Waals surface area contributed by atoms with Crippen LogP contribution in [0.4, 0.5) is 17.1 Å². The molecule has 0 bridgehead atoms. The van der Waals surface area contributed by atoms with Crippen LogP contribution >= 0.6 is 0 Å². The predicted molar refractivity (Wildman–Crippen MR) is 272 cm³/mol. The van der Waals surface area contributed by atoms with Gasteiger partial charge in [-0.15, -0.1) is 0 Å². The fraction of sp³-hybridized carbons (Fsp3) is 0.0476. The molecule has 302 valence electrons. The van der Waals surface area contributed by atoms with Crippen LogP contribution in [0.5, 0.6) is 0 Å². The molecule has 0 aromatic heterocycles. The molecule has 0 spiro atoms. The zero-order chi connectivity index (χ0) is 42.7. The normalized spacial score (nSPS) is 12.2. The van der Waals surface area contributed by atoms with E-state index in [4.69, 9.17) is 0 Å². The molecular weight excluding hydrogens is 771 g/mol. The molecule has 64 heavy (non-hydrogen) atoms. The molecule has 0 amide bonds. The zero-order valence-corrected chi connectivity index (χ0v) is 36.0. The molecule has 1 unspecified atom stereocenters. The molecule has 0 fully saturated rings. The Balaban J connectivity index is 0.999. The summed E-state index contributed by atoms with van der Waals surface area (Å²) in [6.07, 6.45) is 0. The Morgan fingerprint density at radius 2 is 0.812 bits per heavy atom. The number of hydrogen-bond acceptors (Lipinski definition) is 1. The Kier molecular flexibility index (Phi) is 9.09. The smallest absolute Gasteiger partial charge is 0.0540 e. The molecule has 1 aliphatic rings. The maximum absolute atomic E-state index is 2.46. The van der Waals surface area contributed by atoms with Crippen LogP contribution in [0.15, 0.2) is 231 Å². The molecule has 12 rings (SSSR count). The molecule has 11 aromatic rings. The first-order valence-corrected chi connectivity index (χ1v) is 22.4. The maximum Gasteiger partial charge on any atom is 0.0540 e. The van der Waals surface area contributed by atoms with E-state index < -0.39 is 0 Å². The standard InChI is InChI=1S/C63H45N/c1-41-23-25-47(26-24-41)62(48-16-7-11-42(2)39-48)49-31-36-56-58-37-38-61(59-22-10-21-57(63(58)59)60(56)40-49)64(50-32-27-45(28-33-50)54-19-8-14-43-12-3-5-17-52(43)54)51-34-29-46(30-35-51)55-20-9-15-44-13-4-6-18-53(44)55/h3-40,62H,1-2H3. The number of hydrogen-bond donors (Lipinski definition) is 0. The highest BCUT2D eigenvalue weighted by Crippen LogP contribution is 2.52. The van der Waals surface area contributed by atoms with Crippen LogP contribution in [-0.4, -0.2) is 0 Å². The maximum atomic E-state index is 2.46. The van der Waals surface area contributed by atoms with E-state index in [-0.39, 0.29) is 5.92 Å². The second-order valence-electron chi connectivity index (χ2n) is 17.4. The molecule has 11 aromatic carbocycles. The number of fused-ring (bicyclic) bond motifs is 5. The van der Waals surface area contributed by atoms with Crippen LogP contribution in [0, 0.1) is 13.8 Å². The Morgan fingerprint density at radius 1 is 0.312 bits per heavy atom. The molecule has 1 atom stereocenters. The Hall–Kier alpha value is -8.00. The van der Waals surface area contributed by atoms with Gasteiger partial charge in [0, 0.05) is 22.7 Å². The van der Waals surface area contributed by atoms with E-state index >= 15 is 0 Å². The summed E-state index contributed by atoms with van der Waals surface area (Å²) in [5.41, 5.74) is 19.9. The molecule has 0 saturated heterocycles. The van der Waals surface area contributed by atoms with Gasteiger partial charge < -0.3 is 4.90 Å². The fourth-order valence-electron chi connectivity index (χ4n) is 10.4. The van der Waals surface area contributed by atoms with Crippen molar-refractivity contribution < 1.29 is 0 Å². The third-order valence-electron chi connectivity index (χ3n) is 13.5. The highest BCUT2D eigenvalue weighted by Gasteiger charge is 2.27. The van der Waals surface area contributed by atoms with Crippen LogP contribution in [0.1, 0.15) is 33.7 Å². The first kappa shape index (κ1) is 37.7. The van der Waals surface area contributed by atoms with Crippen molar-refractivity contribution in [1.82, 2.24) is 0 Å². The summed E-state index contributed by atoms with van der Waals surface area (Å²) in [6, 6.07) is 85.6. The molecule has 1 heteroatoms. The minimum atomic E-state index is 0.119. The van der Waals surface area contributed by atoms with Gasteiger partial charge in [-0.1, -0.05) is 205 Å². The third-order valence-corrected chi connectivity index (χ3v) is 13.5. The van der Waals surface area contributed by atoms with E-state index in [1.807, 2.05) is 0 Å². The largest absolute Gasteiger partial charge is 0.310 e. The van der Waals surface area contributed by atoms with Crippen LogP contribution in [0.25, 0.3) is 76.8 Å². The van der Waals surface area contributed by atoms with Gasteiger partial charge in [0.15, 0.2) is 0 Å². The van der Waals surface area contributed by atoms with Crippen molar-refractivity contribution in [3.05, 3.63) is 258 Å². The van der Waals surface area contributed by atoms with Crippen LogP contribution < -0.4 is 4.90 Å². The van der Waals surface area contributed by atoms with Crippen molar-refractivity contribution >= 4 is 49.4 Å². The lowest BCUT2D eigenvalue weighted by Crippen LogP contribution is -2.10. The van der Waals surface area contributed by atoms with Gasteiger partial charge in [-0.2, -0.15) is 0 Å². The van der Waals surface area contributed by atoms with Gasteiger partial charge in [-0.3, -0.25) is 0 Å². The van der Waals surface area contributed by atoms with E-state index in [2.05, 4.69) is 249 Å². The van der Waals surface area contributed by atoms with Gasteiger partial charge in [0.2, 0.25) is 0 Å². The van der Waals surface area contributed by atoms with Gasteiger partial charge in [0.1, 0.15) is 0 Å². The Bertz CT molecular complexity index is 3430. The Morgan fingerprint density at radius 3 is 1.45 bits per heavy atom. The molecule has 1 nitrogen and oxygen atoms in total.